The first-order valence-corrected chi connectivity index (χ1v) is 8.51. The summed E-state index contributed by atoms with van der Waals surface area (Å²) in [5.74, 6) is -0.209. The molecule has 1 atom stereocenters. The van der Waals surface area contributed by atoms with Gasteiger partial charge in [0, 0.05) is 31.9 Å². The molecule has 1 unspecified atom stereocenters. The maximum Gasteiger partial charge on any atom is 0.250 e. The van der Waals surface area contributed by atoms with Gasteiger partial charge >= 0.3 is 0 Å². The third-order valence-corrected chi connectivity index (χ3v) is 4.39. The van der Waals surface area contributed by atoms with Crippen molar-refractivity contribution >= 4 is 39.9 Å². The quantitative estimate of drug-likeness (QED) is 0.766. The maximum atomic E-state index is 12.0. The van der Waals surface area contributed by atoms with Gasteiger partial charge in [-0.1, -0.05) is 11.6 Å². The Labute approximate surface area is 145 Å². The molecule has 2 aromatic heterocycles. The van der Waals surface area contributed by atoms with Crippen LogP contribution in [0.4, 0.5) is 11.4 Å². The number of rotatable bonds is 5. The molecule has 0 aromatic carbocycles. The number of H-pyrrole nitrogens is 1. The number of halogens is 1. The number of fused-ring (bicyclic) bond motifs is 1. The van der Waals surface area contributed by atoms with Gasteiger partial charge in [0.1, 0.15) is 12.3 Å². The highest BCUT2D eigenvalue weighted by molar-refractivity contribution is 6.35. The van der Waals surface area contributed by atoms with Crippen molar-refractivity contribution in [3.05, 3.63) is 17.4 Å². The number of hydrogen-bond donors (Lipinski definition) is 3. The Kier molecular flexibility index (Phi) is 5.23. The zero-order valence-corrected chi connectivity index (χ0v) is 14.4. The lowest BCUT2D eigenvalue weighted by Crippen LogP contribution is -2.43. The number of amides is 1. The van der Waals surface area contributed by atoms with Crippen LogP contribution in [0.3, 0.4) is 0 Å². The van der Waals surface area contributed by atoms with Gasteiger partial charge in [0.15, 0.2) is 0 Å². The number of carbonyl (C=O) groups is 1. The van der Waals surface area contributed by atoms with Crippen LogP contribution in [0.5, 0.6) is 0 Å². The summed E-state index contributed by atoms with van der Waals surface area (Å²) in [7, 11) is 0. The van der Waals surface area contributed by atoms with Crippen LogP contribution in [0.25, 0.3) is 11.0 Å². The predicted molar refractivity (Wildman–Crippen MR) is 95.6 cm³/mol. The van der Waals surface area contributed by atoms with Crippen LogP contribution in [0, 0.1) is 0 Å². The van der Waals surface area contributed by atoms with Crippen molar-refractivity contribution in [1.82, 2.24) is 9.97 Å². The Balaban J connectivity index is 1.96. The molecule has 0 spiro atoms. The van der Waals surface area contributed by atoms with E-state index in [1.54, 1.807) is 12.4 Å². The number of nitrogens with two attached hydrogens (primary N) is 1. The first kappa shape index (κ1) is 17.0. The van der Waals surface area contributed by atoms with Crippen molar-refractivity contribution in [3.8, 4) is 0 Å². The zero-order valence-electron chi connectivity index (χ0n) is 13.6. The number of anilines is 2. The number of carbonyl (C=O) groups excluding carboxylic acids is 1. The fourth-order valence-electron chi connectivity index (χ4n) is 3.06. The van der Waals surface area contributed by atoms with Crippen molar-refractivity contribution in [2.45, 2.75) is 25.8 Å². The number of aromatic amines is 1. The molecular weight excluding hydrogens is 330 g/mol. The third kappa shape index (κ3) is 3.48. The molecule has 4 N–H and O–H groups in total. The number of pyridine rings is 1. The molecule has 24 heavy (non-hydrogen) atoms. The number of nitrogens with zero attached hydrogens (tertiary/aromatic N) is 2. The minimum absolute atomic E-state index is 0.0150. The summed E-state index contributed by atoms with van der Waals surface area (Å²) in [4.78, 5) is 21.6. The van der Waals surface area contributed by atoms with Crippen molar-refractivity contribution in [2.75, 3.05) is 36.5 Å². The van der Waals surface area contributed by atoms with Crippen molar-refractivity contribution in [1.29, 1.82) is 0 Å². The second-order valence-electron chi connectivity index (χ2n) is 5.91. The summed E-state index contributed by atoms with van der Waals surface area (Å²) in [6, 6.07) is 0.118. The van der Waals surface area contributed by atoms with E-state index in [-0.39, 0.29) is 18.6 Å². The summed E-state index contributed by atoms with van der Waals surface area (Å²) < 4.78 is 5.15. The molecule has 3 rings (SSSR count). The molecule has 3 heterocycles. The number of hydrogen-bond acceptors (Lipinski definition) is 5. The first-order valence-electron chi connectivity index (χ1n) is 8.13. The number of ether oxygens (including phenoxy) is 1. The van der Waals surface area contributed by atoms with Gasteiger partial charge in [-0.3, -0.25) is 4.79 Å². The summed E-state index contributed by atoms with van der Waals surface area (Å²) in [5.41, 5.74) is 8.31. The van der Waals surface area contributed by atoms with Crippen LogP contribution in [-0.4, -0.2) is 48.2 Å². The first-order chi connectivity index (χ1) is 11.6. The molecule has 0 bridgehead atoms. The van der Waals surface area contributed by atoms with Crippen LogP contribution in [0.15, 0.2) is 12.4 Å². The predicted octanol–water partition coefficient (Wildman–Crippen LogP) is 2.12. The maximum absolute atomic E-state index is 12.0. The second-order valence-corrected chi connectivity index (χ2v) is 6.32. The standard InChI is InChI=1S/C16H22ClN5O2/c1-2-24-9-13(23)21-12-7-20-16-14(12)15(11(17)6-19-16)22-5-3-4-10(18)8-22/h6-7,10H,2-5,8-9,18H2,1H3,(H,19,20)(H,21,23). The fourth-order valence-corrected chi connectivity index (χ4v) is 3.32. The van der Waals surface area contributed by atoms with E-state index in [9.17, 15) is 4.79 Å². The average Bonchev–Trinajstić information content (AvgIpc) is 2.95. The highest BCUT2D eigenvalue weighted by Crippen LogP contribution is 2.38. The van der Waals surface area contributed by atoms with E-state index in [1.807, 2.05) is 6.92 Å². The van der Waals surface area contributed by atoms with Gasteiger partial charge in [0.25, 0.3) is 0 Å². The fraction of sp³-hybridized carbons (Fsp3) is 0.500. The molecule has 1 amide bonds. The molecule has 1 aliphatic heterocycles. The monoisotopic (exact) mass is 351 g/mol. The molecule has 1 saturated heterocycles. The number of piperidine rings is 1. The molecule has 1 aliphatic rings. The Hall–Kier alpha value is -1.83. The van der Waals surface area contributed by atoms with E-state index in [1.165, 1.54) is 0 Å². The lowest BCUT2D eigenvalue weighted by atomic mass is 10.1. The normalized spacial score (nSPS) is 18.1. The third-order valence-electron chi connectivity index (χ3n) is 4.11. The minimum Gasteiger partial charge on any atom is -0.372 e. The van der Waals surface area contributed by atoms with Crippen LogP contribution >= 0.6 is 11.6 Å². The molecule has 0 saturated carbocycles. The van der Waals surface area contributed by atoms with E-state index < -0.39 is 0 Å². The highest BCUT2D eigenvalue weighted by Gasteiger charge is 2.24. The smallest absolute Gasteiger partial charge is 0.250 e. The average molecular weight is 352 g/mol. The zero-order chi connectivity index (χ0) is 17.1. The summed E-state index contributed by atoms with van der Waals surface area (Å²) in [6.07, 6.45) is 5.37. The molecule has 1 fully saturated rings. The van der Waals surface area contributed by atoms with Gasteiger partial charge in [0.2, 0.25) is 5.91 Å². The lowest BCUT2D eigenvalue weighted by Gasteiger charge is -2.33. The van der Waals surface area contributed by atoms with E-state index in [4.69, 9.17) is 22.1 Å². The van der Waals surface area contributed by atoms with Gasteiger partial charge in [-0.25, -0.2) is 4.98 Å². The van der Waals surface area contributed by atoms with Gasteiger partial charge in [0.05, 0.1) is 28.0 Å². The van der Waals surface area contributed by atoms with Crippen LogP contribution in [0.1, 0.15) is 19.8 Å². The highest BCUT2D eigenvalue weighted by atomic mass is 35.5. The molecular formula is C16H22ClN5O2. The van der Waals surface area contributed by atoms with Crippen LogP contribution in [0.2, 0.25) is 5.02 Å². The second kappa shape index (κ2) is 7.38. The molecule has 130 valence electrons. The van der Waals surface area contributed by atoms with Crippen molar-refractivity contribution < 1.29 is 9.53 Å². The summed E-state index contributed by atoms with van der Waals surface area (Å²) in [5, 5.41) is 4.23. The van der Waals surface area contributed by atoms with Crippen molar-refractivity contribution in [3.63, 3.8) is 0 Å². The lowest BCUT2D eigenvalue weighted by molar-refractivity contribution is -0.120. The van der Waals surface area contributed by atoms with E-state index in [0.29, 0.717) is 23.0 Å². The van der Waals surface area contributed by atoms with Crippen molar-refractivity contribution in [2.24, 2.45) is 5.73 Å². The molecule has 0 radical (unpaired) electrons. The molecule has 7 nitrogen and oxygen atoms in total. The van der Waals surface area contributed by atoms with Gasteiger partial charge in [-0.2, -0.15) is 0 Å². The van der Waals surface area contributed by atoms with Crippen LogP contribution < -0.4 is 16.0 Å². The van der Waals surface area contributed by atoms with Gasteiger partial charge in [-0.05, 0) is 19.8 Å². The van der Waals surface area contributed by atoms with Crippen LogP contribution in [-0.2, 0) is 9.53 Å². The topological polar surface area (TPSA) is 96.3 Å². The Bertz CT molecular complexity index is 733. The molecule has 0 aliphatic carbocycles. The number of nitrogens with one attached hydrogen (secondary N) is 2. The van der Waals surface area contributed by atoms with Gasteiger partial charge in [-0.15, -0.1) is 0 Å². The minimum atomic E-state index is -0.209. The Morgan fingerprint density at radius 2 is 2.46 bits per heavy atom. The SMILES string of the molecule is CCOCC(=O)Nc1c[nH]c2ncc(Cl)c(N3CCCC(N)C3)c12. The summed E-state index contributed by atoms with van der Waals surface area (Å²) in [6.45, 7) is 3.97. The largest absolute Gasteiger partial charge is 0.372 e. The van der Waals surface area contributed by atoms with Gasteiger partial charge < -0.3 is 25.7 Å². The Morgan fingerprint density at radius 1 is 1.62 bits per heavy atom. The van der Waals surface area contributed by atoms with E-state index >= 15 is 0 Å². The molecule has 8 heteroatoms. The molecule has 2 aromatic rings. The number of aromatic nitrogens is 2. The summed E-state index contributed by atoms with van der Waals surface area (Å²) >= 11 is 6.44. The Morgan fingerprint density at radius 3 is 3.21 bits per heavy atom. The van der Waals surface area contributed by atoms with E-state index in [2.05, 4.69) is 20.2 Å². The van der Waals surface area contributed by atoms with E-state index in [0.717, 1.165) is 37.0 Å².